The molecule has 23 heavy (non-hydrogen) atoms. The molecule has 0 saturated carbocycles. The van der Waals surface area contributed by atoms with Crippen LogP contribution in [0.4, 0.5) is 0 Å². The first-order valence-corrected chi connectivity index (χ1v) is 7.97. The molecule has 2 aliphatic heterocycles. The minimum absolute atomic E-state index is 0.0940. The van der Waals surface area contributed by atoms with Crippen LogP contribution in [0.5, 0.6) is 17.2 Å². The fraction of sp³-hybridized carbons (Fsp3) is 0.588. The lowest BCUT2D eigenvalue weighted by Gasteiger charge is -2.36. The minimum atomic E-state index is 0.0940. The van der Waals surface area contributed by atoms with E-state index in [1.54, 1.807) is 7.11 Å². The Morgan fingerprint density at radius 1 is 1.48 bits per heavy atom. The van der Waals surface area contributed by atoms with Gasteiger partial charge in [-0.3, -0.25) is 4.90 Å². The Labute approximate surface area is 136 Å². The summed E-state index contributed by atoms with van der Waals surface area (Å²) in [5.41, 5.74) is 3.12. The number of ether oxygens (including phenoxy) is 3. The van der Waals surface area contributed by atoms with Crippen molar-refractivity contribution in [3.8, 4) is 17.2 Å². The molecule has 126 valence electrons. The van der Waals surface area contributed by atoms with E-state index >= 15 is 0 Å². The fourth-order valence-electron chi connectivity index (χ4n) is 3.37. The SMILES string of the molecule is COc1c2c(cc3c1[C@@H](C/C(=N\O)C(C)C)N(C)CC3)OCO2. The zero-order valence-electron chi connectivity index (χ0n) is 14.1. The highest BCUT2D eigenvalue weighted by molar-refractivity contribution is 5.86. The van der Waals surface area contributed by atoms with E-state index in [4.69, 9.17) is 14.2 Å². The third kappa shape index (κ3) is 2.72. The maximum absolute atomic E-state index is 9.34. The van der Waals surface area contributed by atoms with Crippen molar-refractivity contribution in [3.63, 3.8) is 0 Å². The van der Waals surface area contributed by atoms with Crippen LogP contribution in [0.25, 0.3) is 0 Å². The monoisotopic (exact) mass is 320 g/mol. The van der Waals surface area contributed by atoms with Gasteiger partial charge in [0.15, 0.2) is 11.5 Å². The van der Waals surface area contributed by atoms with E-state index in [9.17, 15) is 5.21 Å². The molecule has 2 aliphatic rings. The molecule has 0 saturated heterocycles. The average Bonchev–Trinajstić information content (AvgIpc) is 2.99. The molecule has 0 spiro atoms. The highest BCUT2D eigenvalue weighted by Gasteiger charge is 2.34. The molecule has 1 aromatic rings. The smallest absolute Gasteiger partial charge is 0.231 e. The third-order valence-electron chi connectivity index (χ3n) is 4.74. The van der Waals surface area contributed by atoms with Crippen LogP contribution in [0.1, 0.15) is 37.4 Å². The van der Waals surface area contributed by atoms with Crippen molar-refractivity contribution in [2.75, 3.05) is 27.5 Å². The Morgan fingerprint density at radius 2 is 2.26 bits per heavy atom. The molecule has 0 fully saturated rings. The number of likely N-dealkylation sites (N-methyl/N-ethyl adjacent to an activating group) is 1. The van der Waals surface area contributed by atoms with Crippen LogP contribution in [0.3, 0.4) is 0 Å². The molecule has 6 heteroatoms. The number of rotatable bonds is 4. The van der Waals surface area contributed by atoms with E-state index in [2.05, 4.69) is 23.2 Å². The molecule has 0 radical (unpaired) electrons. The molecule has 6 nitrogen and oxygen atoms in total. The lowest BCUT2D eigenvalue weighted by Crippen LogP contribution is -2.34. The van der Waals surface area contributed by atoms with E-state index in [0.717, 1.165) is 35.7 Å². The van der Waals surface area contributed by atoms with Crippen LogP contribution in [0.15, 0.2) is 11.2 Å². The maximum atomic E-state index is 9.34. The van der Waals surface area contributed by atoms with Gasteiger partial charge in [-0.15, -0.1) is 0 Å². The minimum Gasteiger partial charge on any atom is -0.492 e. The van der Waals surface area contributed by atoms with Gasteiger partial charge in [0.05, 0.1) is 12.8 Å². The molecule has 0 unspecified atom stereocenters. The molecule has 0 aromatic heterocycles. The van der Waals surface area contributed by atoms with Crippen molar-refractivity contribution >= 4 is 5.71 Å². The summed E-state index contributed by atoms with van der Waals surface area (Å²) in [5, 5.41) is 12.8. The maximum Gasteiger partial charge on any atom is 0.231 e. The van der Waals surface area contributed by atoms with Gasteiger partial charge in [-0.25, -0.2) is 0 Å². The van der Waals surface area contributed by atoms with Gasteiger partial charge in [-0.05, 0) is 31.0 Å². The molecule has 0 aliphatic carbocycles. The zero-order chi connectivity index (χ0) is 16.6. The summed E-state index contributed by atoms with van der Waals surface area (Å²) < 4.78 is 16.8. The fourth-order valence-corrected chi connectivity index (χ4v) is 3.37. The second-order valence-electron chi connectivity index (χ2n) is 6.41. The van der Waals surface area contributed by atoms with E-state index < -0.39 is 0 Å². The molecule has 1 atom stereocenters. The van der Waals surface area contributed by atoms with Gasteiger partial charge in [0.2, 0.25) is 12.5 Å². The molecule has 3 rings (SSSR count). The molecule has 1 aromatic carbocycles. The summed E-state index contributed by atoms with van der Waals surface area (Å²) >= 11 is 0. The van der Waals surface area contributed by atoms with Gasteiger partial charge in [0, 0.05) is 24.6 Å². The van der Waals surface area contributed by atoms with E-state index in [-0.39, 0.29) is 18.8 Å². The highest BCUT2D eigenvalue weighted by Crippen LogP contribution is 2.50. The molecule has 0 bridgehead atoms. The van der Waals surface area contributed by atoms with Crippen LogP contribution < -0.4 is 14.2 Å². The zero-order valence-corrected chi connectivity index (χ0v) is 14.1. The molecule has 0 amide bonds. The summed E-state index contributed by atoms with van der Waals surface area (Å²) in [7, 11) is 3.75. The van der Waals surface area contributed by atoms with Gasteiger partial charge in [0.1, 0.15) is 0 Å². The molecular weight excluding hydrogens is 296 g/mol. The van der Waals surface area contributed by atoms with E-state index in [1.165, 1.54) is 5.56 Å². The van der Waals surface area contributed by atoms with Crippen LogP contribution in [-0.2, 0) is 6.42 Å². The largest absolute Gasteiger partial charge is 0.492 e. The first-order chi connectivity index (χ1) is 11.1. The Morgan fingerprint density at radius 3 is 2.91 bits per heavy atom. The summed E-state index contributed by atoms with van der Waals surface area (Å²) in [4.78, 5) is 2.28. The van der Waals surface area contributed by atoms with Crippen molar-refractivity contribution in [2.24, 2.45) is 11.1 Å². The molecule has 2 heterocycles. The normalized spacial score (nSPS) is 20.7. The lowest BCUT2D eigenvalue weighted by atomic mass is 9.86. The lowest BCUT2D eigenvalue weighted by molar-refractivity contribution is 0.170. The van der Waals surface area contributed by atoms with Crippen LogP contribution in [0.2, 0.25) is 0 Å². The number of hydrogen-bond acceptors (Lipinski definition) is 6. The number of methoxy groups -OCH3 is 1. The van der Waals surface area contributed by atoms with Crippen molar-refractivity contribution in [1.29, 1.82) is 0 Å². The Kier molecular flexibility index (Phi) is 4.35. The standard InChI is InChI=1S/C17H24N2O4/c1-10(2)12(18-20)8-13-15-11(5-6-19(13)3)7-14-16(17(15)21-4)23-9-22-14/h7,10,13,20H,5-6,8-9H2,1-4H3/b18-12+/t13-/m1/s1. The van der Waals surface area contributed by atoms with Gasteiger partial charge < -0.3 is 19.4 Å². The van der Waals surface area contributed by atoms with Crippen molar-refractivity contribution in [1.82, 2.24) is 4.90 Å². The average molecular weight is 320 g/mol. The number of nitrogens with zero attached hydrogens (tertiary/aromatic N) is 2. The summed E-state index contributed by atoms with van der Waals surface area (Å²) in [6.45, 7) is 5.24. The van der Waals surface area contributed by atoms with Crippen LogP contribution >= 0.6 is 0 Å². The predicted octanol–water partition coefficient (Wildman–Crippen LogP) is 2.83. The third-order valence-corrected chi connectivity index (χ3v) is 4.74. The van der Waals surface area contributed by atoms with E-state index in [1.807, 2.05) is 13.8 Å². The topological polar surface area (TPSA) is 63.5 Å². The highest BCUT2D eigenvalue weighted by atomic mass is 16.7. The number of oxime groups is 1. The second kappa shape index (κ2) is 6.28. The quantitative estimate of drug-likeness (QED) is 0.525. The van der Waals surface area contributed by atoms with Crippen molar-refractivity contribution in [3.05, 3.63) is 17.2 Å². The number of hydrogen-bond donors (Lipinski definition) is 1. The van der Waals surface area contributed by atoms with Crippen molar-refractivity contribution in [2.45, 2.75) is 32.7 Å². The van der Waals surface area contributed by atoms with E-state index in [0.29, 0.717) is 12.2 Å². The first kappa shape index (κ1) is 15.9. The Hall–Kier alpha value is -1.95. The number of fused-ring (bicyclic) bond motifs is 2. The summed E-state index contributed by atoms with van der Waals surface area (Å²) in [6, 6.07) is 2.15. The predicted molar refractivity (Wildman–Crippen MR) is 86.9 cm³/mol. The molecule has 1 N–H and O–H groups in total. The van der Waals surface area contributed by atoms with Gasteiger partial charge in [0.25, 0.3) is 0 Å². The van der Waals surface area contributed by atoms with Gasteiger partial charge in [-0.2, -0.15) is 0 Å². The van der Waals surface area contributed by atoms with Crippen LogP contribution in [0, 0.1) is 5.92 Å². The number of benzene rings is 1. The molecular formula is C17H24N2O4. The van der Waals surface area contributed by atoms with Gasteiger partial charge in [-0.1, -0.05) is 19.0 Å². The van der Waals surface area contributed by atoms with Crippen molar-refractivity contribution < 1.29 is 19.4 Å². The van der Waals surface area contributed by atoms with Crippen LogP contribution in [-0.4, -0.2) is 43.3 Å². The first-order valence-electron chi connectivity index (χ1n) is 7.97. The van der Waals surface area contributed by atoms with Gasteiger partial charge >= 0.3 is 0 Å². The Balaban J connectivity index is 2.07. The second-order valence-corrected chi connectivity index (χ2v) is 6.41. The summed E-state index contributed by atoms with van der Waals surface area (Å²) in [6.07, 6.45) is 1.59. The summed E-state index contributed by atoms with van der Waals surface area (Å²) in [5.74, 6) is 2.37. The Bertz CT molecular complexity index is 628.